The average Bonchev–Trinajstić information content (AvgIpc) is 2.86. The Balaban J connectivity index is 1.30. The maximum atomic E-state index is 13.2. The van der Waals surface area contributed by atoms with Gasteiger partial charge in [-0.15, -0.1) is 0 Å². The normalized spacial score (nSPS) is 14.0. The number of amides is 2. The van der Waals surface area contributed by atoms with Crippen LogP contribution >= 0.6 is 11.6 Å². The average molecular weight is 463 g/mol. The predicted octanol–water partition coefficient (Wildman–Crippen LogP) is 4.69. The van der Waals surface area contributed by atoms with Crippen LogP contribution in [0.15, 0.2) is 73.1 Å². The quantitative estimate of drug-likeness (QED) is 0.534. The smallest absolute Gasteiger partial charge is 0.255 e. The highest BCUT2D eigenvalue weighted by Gasteiger charge is 2.28. The lowest BCUT2D eigenvalue weighted by molar-refractivity contribution is -0.126. The molecule has 3 aromatic rings. The van der Waals surface area contributed by atoms with Crippen LogP contribution < -0.4 is 10.6 Å². The zero-order chi connectivity index (χ0) is 23.0. The van der Waals surface area contributed by atoms with Crippen molar-refractivity contribution < 1.29 is 9.59 Å². The van der Waals surface area contributed by atoms with Crippen LogP contribution in [0.1, 0.15) is 28.8 Å². The lowest BCUT2D eigenvalue weighted by Gasteiger charge is -2.32. The predicted molar refractivity (Wildman–Crippen MR) is 131 cm³/mol. The van der Waals surface area contributed by atoms with Gasteiger partial charge in [0.25, 0.3) is 5.91 Å². The van der Waals surface area contributed by atoms with E-state index in [1.165, 1.54) is 0 Å². The molecule has 4 rings (SSSR count). The van der Waals surface area contributed by atoms with Crippen LogP contribution in [0.25, 0.3) is 0 Å². The number of para-hydroxylation sites is 1. The summed E-state index contributed by atoms with van der Waals surface area (Å²) in [5, 5.41) is 7.01. The number of carbonyl (C=O) groups excluding carboxylic acids is 2. The van der Waals surface area contributed by atoms with E-state index in [1.807, 2.05) is 53.4 Å². The highest BCUT2D eigenvalue weighted by Crippen LogP contribution is 2.25. The van der Waals surface area contributed by atoms with E-state index >= 15 is 0 Å². The molecule has 33 heavy (non-hydrogen) atoms. The number of hydrogen-bond acceptors (Lipinski definition) is 4. The number of nitrogens with one attached hydrogen (secondary N) is 2. The van der Waals surface area contributed by atoms with Crippen molar-refractivity contribution in [1.82, 2.24) is 15.2 Å². The lowest BCUT2D eigenvalue weighted by Crippen LogP contribution is -2.43. The van der Waals surface area contributed by atoms with Crippen molar-refractivity contribution in [3.63, 3.8) is 0 Å². The van der Waals surface area contributed by atoms with E-state index in [4.69, 9.17) is 11.6 Å². The van der Waals surface area contributed by atoms with Gasteiger partial charge >= 0.3 is 0 Å². The molecule has 0 aliphatic carbocycles. The number of anilines is 2. The SMILES string of the molecule is O=C(NCCc1ccncc1)C1CCN(C(=O)c2ccccc2Nc2ccc(Cl)cc2)CC1. The molecule has 2 heterocycles. The second-order valence-corrected chi connectivity index (χ2v) is 8.58. The van der Waals surface area contributed by atoms with Gasteiger partial charge in [-0.25, -0.2) is 0 Å². The number of nitrogens with zero attached hydrogens (tertiary/aromatic N) is 2. The Morgan fingerprint density at radius 1 is 0.970 bits per heavy atom. The Labute approximate surface area is 199 Å². The fourth-order valence-electron chi connectivity index (χ4n) is 4.01. The highest BCUT2D eigenvalue weighted by molar-refractivity contribution is 6.30. The molecule has 0 radical (unpaired) electrons. The van der Waals surface area contributed by atoms with Gasteiger partial charge in [-0.3, -0.25) is 14.6 Å². The minimum atomic E-state index is -0.0612. The summed E-state index contributed by atoms with van der Waals surface area (Å²) in [4.78, 5) is 31.6. The molecule has 2 amide bonds. The van der Waals surface area contributed by atoms with Crippen molar-refractivity contribution >= 4 is 34.8 Å². The van der Waals surface area contributed by atoms with E-state index < -0.39 is 0 Å². The fraction of sp³-hybridized carbons (Fsp3) is 0.269. The summed E-state index contributed by atoms with van der Waals surface area (Å²) >= 11 is 5.97. The molecule has 1 aromatic heterocycles. The van der Waals surface area contributed by atoms with Gasteiger partial charge in [0.15, 0.2) is 0 Å². The van der Waals surface area contributed by atoms with Gasteiger partial charge < -0.3 is 15.5 Å². The van der Waals surface area contributed by atoms with Gasteiger partial charge in [-0.05, 0) is 73.4 Å². The molecule has 0 unspecified atom stereocenters. The summed E-state index contributed by atoms with van der Waals surface area (Å²) in [7, 11) is 0. The highest BCUT2D eigenvalue weighted by atomic mass is 35.5. The van der Waals surface area contributed by atoms with Crippen LogP contribution in [0.5, 0.6) is 0 Å². The number of pyridine rings is 1. The molecule has 1 aliphatic heterocycles. The van der Waals surface area contributed by atoms with E-state index in [1.54, 1.807) is 24.5 Å². The largest absolute Gasteiger partial charge is 0.356 e. The number of aromatic nitrogens is 1. The fourth-order valence-corrected chi connectivity index (χ4v) is 4.13. The molecule has 170 valence electrons. The Bertz CT molecular complexity index is 1080. The zero-order valence-corrected chi connectivity index (χ0v) is 19.1. The number of likely N-dealkylation sites (tertiary alicyclic amines) is 1. The van der Waals surface area contributed by atoms with Crippen LogP contribution in [-0.4, -0.2) is 41.3 Å². The molecular weight excluding hydrogens is 436 g/mol. The van der Waals surface area contributed by atoms with E-state index in [0.29, 0.717) is 43.1 Å². The van der Waals surface area contributed by atoms with E-state index in [0.717, 1.165) is 23.4 Å². The van der Waals surface area contributed by atoms with Crippen molar-refractivity contribution in [2.24, 2.45) is 5.92 Å². The summed E-state index contributed by atoms with van der Waals surface area (Å²) < 4.78 is 0. The maximum absolute atomic E-state index is 13.2. The number of benzene rings is 2. The van der Waals surface area contributed by atoms with Crippen LogP contribution in [0, 0.1) is 5.92 Å². The number of halogens is 1. The van der Waals surface area contributed by atoms with Gasteiger partial charge in [0.1, 0.15) is 0 Å². The first-order valence-electron chi connectivity index (χ1n) is 11.2. The first kappa shape index (κ1) is 22.8. The summed E-state index contributed by atoms with van der Waals surface area (Å²) in [6.07, 6.45) is 5.63. The molecule has 0 spiro atoms. The Morgan fingerprint density at radius 3 is 2.39 bits per heavy atom. The molecule has 0 atom stereocenters. The second-order valence-electron chi connectivity index (χ2n) is 8.14. The number of carbonyl (C=O) groups is 2. The van der Waals surface area contributed by atoms with Crippen LogP contribution in [0.2, 0.25) is 5.02 Å². The van der Waals surface area contributed by atoms with Crippen LogP contribution in [0.4, 0.5) is 11.4 Å². The monoisotopic (exact) mass is 462 g/mol. The molecule has 6 nitrogen and oxygen atoms in total. The molecule has 1 fully saturated rings. The maximum Gasteiger partial charge on any atom is 0.255 e. The lowest BCUT2D eigenvalue weighted by atomic mass is 9.95. The van der Waals surface area contributed by atoms with E-state index in [9.17, 15) is 9.59 Å². The summed E-state index contributed by atoms with van der Waals surface area (Å²) in [5.74, 6) is -0.0153. The molecule has 1 saturated heterocycles. The zero-order valence-electron chi connectivity index (χ0n) is 18.3. The Hall–Kier alpha value is -3.38. The van der Waals surface area contributed by atoms with Crippen molar-refractivity contribution in [1.29, 1.82) is 0 Å². The third-order valence-corrected chi connectivity index (χ3v) is 6.15. The molecule has 2 aromatic carbocycles. The first-order chi connectivity index (χ1) is 16.1. The van der Waals surface area contributed by atoms with Crippen molar-refractivity contribution in [3.05, 3.63) is 89.2 Å². The third-order valence-electron chi connectivity index (χ3n) is 5.90. The summed E-state index contributed by atoms with van der Waals surface area (Å²) in [5.41, 5.74) is 3.38. The molecule has 2 N–H and O–H groups in total. The molecular formula is C26H27ClN4O2. The van der Waals surface area contributed by atoms with Gasteiger partial charge in [0.2, 0.25) is 5.91 Å². The van der Waals surface area contributed by atoms with Gasteiger partial charge in [0, 0.05) is 48.7 Å². The summed E-state index contributed by atoms with van der Waals surface area (Å²) in [6.45, 7) is 1.73. The van der Waals surface area contributed by atoms with Gasteiger partial charge in [-0.2, -0.15) is 0 Å². The first-order valence-corrected chi connectivity index (χ1v) is 11.6. The summed E-state index contributed by atoms with van der Waals surface area (Å²) in [6, 6.07) is 18.8. The van der Waals surface area contributed by atoms with Crippen molar-refractivity contribution in [2.45, 2.75) is 19.3 Å². The van der Waals surface area contributed by atoms with Crippen molar-refractivity contribution in [2.75, 3.05) is 25.0 Å². The van der Waals surface area contributed by atoms with Crippen LogP contribution in [-0.2, 0) is 11.2 Å². The second kappa shape index (κ2) is 11.0. The molecule has 7 heteroatoms. The van der Waals surface area contributed by atoms with Gasteiger partial charge in [0.05, 0.1) is 11.3 Å². The van der Waals surface area contributed by atoms with Gasteiger partial charge in [-0.1, -0.05) is 23.7 Å². The Morgan fingerprint density at radius 2 is 1.67 bits per heavy atom. The minimum Gasteiger partial charge on any atom is -0.356 e. The minimum absolute atomic E-state index is 0.0244. The number of rotatable bonds is 7. The number of hydrogen-bond donors (Lipinski definition) is 2. The molecule has 0 bridgehead atoms. The number of piperidine rings is 1. The van der Waals surface area contributed by atoms with E-state index in [-0.39, 0.29) is 17.7 Å². The standard InChI is InChI=1S/C26H27ClN4O2/c27-21-5-7-22(8-6-21)30-24-4-2-1-3-23(24)26(33)31-17-12-20(13-18-31)25(32)29-16-11-19-9-14-28-15-10-19/h1-10,14-15,20,30H,11-13,16-18H2,(H,29,32). The molecule has 0 saturated carbocycles. The van der Waals surface area contributed by atoms with Crippen molar-refractivity contribution in [3.8, 4) is 0 Å². The topological polar surface area (TPSA) is 74.3 Å². The Kier molecular flexibility index (Phi) is 7.58. The van der Waals surface area contributed by atoms with E-state index in [2.05, 4.69) is 15.6 Å². The van der Waals surface area contributed by atoms with Crippen LogP contribution in [0.3, 0.4) is 0 Å². The molecule has 1 aliphatic rings. The third kappa shape index (κ3) is 6.11.